The molecule has 4 atom stereocenters. The second-order valence-corrected chi connectivity index (χ2v) is 12.7. The minimum atomic E-state index is -5.23. The Hall–Kier alpha value is -2.43. The number of halogens is 10. The number of rotatable bonds is 5. The Morgan fingerprint density at radius 2 is 1.54 bits per heavy atom. The van der Waals surface area contributed by atoms with E-state index < -0.39 is 81.2 Å². The van der Waals surface area contributed by atoms with E-state index in [1.807, 2.05) is 0 Å². The highest BCUT2D eigenvalue weighted by molar-refractivity contribution is 7.90. The Kier molecular flexibility index (Phi) is 9.15. The van der Waals surface area contributed by atoms with Gasteiger partial charge in [0.1, 0.15) is 10.4 Å². The summed E-state index contributed by atoms with van der Waals surface area (Å²) in [6.07, 6.45) is -16.9. The predicted octanol–water partition coefficient (Wildman–Crippen LogP) is 7.77. The van der Waals surface area contributed by atoms with Crippen molar-refractivity contribution in [3.8, 4) is 0 Å². The van der Waals surface area contributed by atoms with Crippen LogP contribution in [-0.2, 0) is 29.9 Å². The van der Waals surface area contributed by atoms with Gasteiger partial charge in [0.05, 0.1) is 34.3 Å². The average molecular weight is 640 g/mol. The summed E-state index contributed by atoms with van der Waals surface area (Å²) in [5, 5.41) is 9.74. The van der Waals surface area contributed by atoms with Gasteiger partial charge in [0, 0.05) is 17.6 Å². The average Bonchev–Trinajstić information content (AvgIpc) is 3.24. The monoisotopic (exact) mass is 639 g/mol. The quantitative estimate of drug-likeness (QED) is 0.258. The van der Waals surface area contributed by atoms with Crippen LogP contribution in [0.2, 0.25) is 5.02 Å². The molecule has 17 heteroatoms. The van der Waals surface area contributed by atoms with E-state index in [0.717, 1.165) is 0 Å². The van der Waals surface area contributed by atoms with Crippen LogP contribution in [0, 0.1) is 0 Å². The van der Waals surface area contributed by atoms with Crippen LogP contribution >= 0.6 is 11.6 Å². The predicted molar refractivity (Wildman–Crippen MR) is 130 cm³/mol. The molecule has 0 saturated carbocycles. The van der Waals surface area contributed by atoms with Crippen LogP contribution in [0.15, 0.2) is 30.5 Å². The normalized spacial score (nSPS) is 20.3. The van der Waals surface area contributed by atoms with E-state index in [0.29, 0.717) is 29.3 Å². The van der Waals surface area contributed by atoms with Gasteiger partial charge in [-0.25, -0.2) is 4.79 Å². The lowest BCUT2D eigenvalue weighted by molar-refractivity contribution is -0.143. The van der Waals surface area contributed by atoms with E-state index in [9.17, 15) is 54.0 Å². The van der Waals surface area contributed by atoms with E-state index in [2.05, 4.69) is 9.71 Å². The van der Waals surface area contributed by atoms with Crippen molar-refractivity contribution in [2.45, 2.75) is 75.0 Å². The molecule has 0 aliphatic carbocycles. The molecule has 6 nitrogen and oxygen atoms in total. The maximum Gasteiger partial charge on any atom is 0.433 e. The number of benzene rings is 1. The second-order valence-electron chi connectivity index (χ2n) is 10.3. The zero-order valence-corrected chi connectivity index (χ0v) is 23.0. The summed E-state index contributed by atoms with van der Waals surface area (Å²) >= 11 is 3.92. The van der Waals surface area contributed by atoms with Gasteiger partial charge in [-0.15, -0.1) is 4.72 Å². The Morgan fingerprint density at radius 3 is 1.98 bits per heavy atom. The molecule has 1 aliphatic rings. The molecular formula is C24H23ClF9N3O3S. The first-order chi connectivity index (χ1) is 18.5. The van der Waals surface area contributed by atoms with Crippen LogP contribution in [-0.4, -0.2) is 36.4 Å². The van der Waals surface area contributed by atoms with Gasteiger partial charge in [0.25, 0.3) is 0 Å². The molecule has 2 N–H and O–H groups in total. The van der Waals surface area contributed by atoms with Crippen molar-refractivity contribution in [1.29, 1.82) is 0 Å². The molecule has 0 radical (unpaired) electrons. The highest BCUT2D eigenvalue weighted by Crippen LogP contribution is 2.46. The first-order valence-electron chi connectivity index (χ1n) is 11.7. The fraction of sp³-hybridized carbons (Fsp3) is 0.500. The minimum Gasteiger partial charge on any atom is -0.598 e. The number of carbonyl (C=O) groups is 1. The number of nitrogens with zero attached hydrogens (tertiary/aromatic N) is 2. The third-order valence-electron chi connectivity index (χ3n) is 6.33. The van der Waals surface area contributed by atoms with Crippen LogP contribution in [0.1, 0.15) is 73.6 Å². The minimum absolute atomic E-state index is 0.108. The van der Waals surface area contributed by atoms with Gasteiger partial charge in [-0.1, -0.05) is 11.6 Å². The van der Waals surface area contributed by atoms with Crippen LogP contribution < -0.4 is 4.72 Å². The number of alkyl halides is 9. The van der Waals surface area contributed by atoms with Crippen molar-refractivity contribution in [2.24, 2.45) is 0 Å². The number of nitrogens with one attached hydrogen (secondary N) is 1. The van der Waals surface area contributed by atoms with E-state index in [1.165, 1.54) is 20.8 Å². The summed E-state index contributed by atoms with van der Waals surface area (Å²) in [4.78, 5) is 16.2. The largest absolute Gasteiger partial charge is 0.598 e. The number of carboxylic acid groups (broad SMARTS) is 1. The molecule has 1 unspecified atom stereocenters. The SMILES string of the molecule is CC(C)(C)[S+]([O-])N[C@H](c1cc(C(F)(F)F)cc(C(F)(F)F)c1)[C@@H]1CC[C@@H](c2cc(C(F)(F)F)ncc2Cl)N1C(=O)O. The highest BCUT2D eigenvalue weighted by atomic mass is 35.5. The number of hydrogen-bond acceptors (Lipinski definition) is 4. The summed E-state index contributed by atoms with van der Waals surface area (Å²) < 4.78 is 136. The smallest absolute Gasteiger partial charge is 0.433 e. The topological polar surface area (TPSA) is 88.5 Å². The van der Waals surface area contributed by atoms with Gasteiger partial charge >= 0.3 is 24.6 Å². The summed E-state index contributed by atoms with van der Waals surface area (Å²) in [5.41, 5.74) is -5.73. The highest BCUT2D eigenvalue weighted by Gasteiger charge is 2.47. The van der Waals surface area contributed by atoms with E-state index >= 15 is 0 Å². The third-order valence-corrected chi connectivity index (χ3v) is 8.22. The maximum absolute atomic E-state index is 13.6. The molecule has 1 saturated heterocycles. The molecule has 2 aromatic rings. The standard InChI is InChI=1S/C24H23ClF9N3O3S/c1-21(2,3)41(40)36-19(11-6-12(22(26,27)28)8-13(7-11)23(29,30)31)17-5-4-16(37(17)20(38)39)14-9-18(24(32,33)34)35-10-15(14)25/h6-10,16-17,19,36H,4-5H2,1-3H3,(H,38,39)/t16-,17-,19+,41?/m0/s1. The van der Waals surface area contributed by atoms with Gasteiger partial charge in [-0.05, 0) is 69.0 Å². The van der Waals surface area contributed by atoms with Crippen molar-refractivity contribution in [2.75, 3.05) is 0 Å². The Bertz CT molecular complexity index is 1250. The van der Waals surface area contributed by atoms with Crippen LogP contribution in [0.25, 0.3) is 0 Å². The first-order valence-corrected chi connectivity index (χ1v) is 13.3. The fourth-order valence-corrected chi connectivity index (χ4v) is 5.54. The summed E-state index contributed by atoms with van der Waals surface area (Å²) in [5.74, 6) is 0. The van der Waals surface area contributed by atoms with Gasteiger partial charge in [0.15, 0.2) is 0 Å². The van der Waals surface area contributed by atoms with Crippen molar-refractivity contribution < 1.29 is 54.0 Å². The van der Waals surface area contributed by atoms with E-state index in [4.69, 9.17) is 11.6 Å². The van der Waals surface area contributed by atoms with Crippen molar-refractivity contribution in [3.63, 3.8) is 0 Å². The van der Waals surface area contributed by atoms with Gasteiger partial charge in [-0.2, -0.15) is 39.5 Å². The zero-order chi connectivity index (χ0) is 31.3. The van der Waals surface area contributed by atoms with Gasteiger partial charge < -0.3 is 9.66 Å². The van der Waals surface area contributed by atoms with Crippen molar-refractivity contribution in [3.05, 3.63) is 63.4 Å². The number of amides is 1. The van der Waals surface area contributed by atoms with Gasteiger partial charge in [0.2, 0.25) is 0 Å². The van der Waals surface area contributed by atoms with Crippen molar-refractivity contribution in [1.82, 2.24) is 14.6 Å². The van der Waals surface area contributed by atoms with E-state index in [-0.39, 0.29) is 29.5 Å². The third kappa shape index (κ3) is 7.51. The number of pyridine rings is 1. The number of likely N-dealkylation sites (tertiary alicyclic amines) is 1. The molecule has 1 aromatic carbocycles. The molecular weight excluding hydrogens is 617 g/mol. The van der Waals surface area contributed by atoms with E-state index in [1.54, 1.807) is 0 Å². The molecule has 1 aliphatic heterocycles. The first kappa shape index (κ1) is 33.1. The lowest BCUT2D eigenvalue weighted by Gasteiger charge is -2.36. The molecule has 1 amide bonds. The second kappa shape index (κ2) is 11.3. The number of aromatic nitrogens is 1. The summed E-state index contributed by atoms with van der Waals surface area (Å²) in [7, 11) is 0. The molecule has 228 valence electrons. The van der Waals surface area contributed by atoms with Crippen LogP contribution in [0.4, 0.5) is 44.3 Å². The molecule has 0 spiro atoms. The Labute approximate surface area is 236 Å². The lowest BCUT2D eigenvalue weighted by Crippen LogP contribution is -2.49. The Morgan fingerprint density at radius 1 is 1.00 bits per heavy atom. The summed E-state index contributed by atoms with van der Waals surface area (Å²) in [6, 6.07) is -3.35. The zero-order valence-electron chi connectivity index (χ0n) is 21.4. The Balaban J connectivity index is 2.21. The van der Waals surface area contributed by atoms with Gasteiger partial charge in [-0.3, -0.25) is 9.88 Å². The lowest BCUT2D eigenvalue weighted by atomic mass is 9.94. The summed E-state index contributed by atoms with van der Waals surface area (Å²) in [6.45, 7) is 4.38. The van der Waals surface area contributed by atoms with Crippen molar-refractivity contribution >= 4 is 29.1 Å². The molecule has 0 bridgehead atoms. The molecule has 1 aromatic heterocycles. The molecule has 3 rings (SSSR count). The number of hydrogen-bond donors (Lipinski definition) is 2. The molecule has 41 heavy (non-hydrogen) atoms. The van der Waals surface area contributed by atoms with Crippen LogP contribution in [0.5, 0.6) is 0 Å². The molecule has 1 fully saturated rings. The maximum atomic E-state index is 13.6. The van der Waals surface area contributed by atoms with Crippen LogP contribution in [0.3, 0.4) is 0 Å². The molecule has 2 heterocycles. The fourth-order valence-electron chi connectivity index (χ4n) is 4.43.